The number of methoxy groups -OCH3 is 1. The Morgan fingerprint density at radius 2 is 1.90 bits per heavy atom. The first-order valence-corrected chi connectivity index (χ1v) is 10.4. The Hall–Kier alpha value is -3.26. The van der Waals surface area contributed by atoms with Crippen molar-refractivity contribution in [3.05, 3.63) is 71.3 Å². The van der Waals surface area contributed by atoms with E-state index in [0.29, 0.717) is 30.2 Å². The Labute approximate surface area is 181 Å². The molecule has 0 unspecified atom stereocenters. The molecule has 4 rings (SSSR count). The van der Waals surface area contributed by atoms with Gasteiger partial charge in [-0.05, 0) is 43.2 Å². The van der Waals surface area contributed by atoms with E-state index >= 15 is 0 Å². The molecule has 0 radical (unpaired) electrons. The number of nitrogens with zero attached hydrogens (tertiary/aromatic N) is 5. The summed E-state index contributed by atoms with van der Waals surface area (Å²) in [6.07, 6.45) is 0.871. The average molecular weight is 423 g/mol. The Kier molecular flexibility index (Phi) is 6.27. The Morgan fingerprint density at radius 3 is 2.68 bits per heavy atom. The molecule has 1 saturated heterocycles. The van der Waals surface area contributed by atoms with Gasteiger partial charge in [0.05, 0.1) is 18.5 Å². The van der Waals surface area contributed by atoms with E-state index in [1.807, 2.05) is 48.2 Å². The molecule has 31 heavy (non-hydrogen) atoms. The molecule has 3 aromatic rings. The van der Waals surface area contributed by atoms with E-state index in [4.69, 9.17) is 4.74 Å². The number of benzene rings is 2. The van der Waals surface area contributed by atoms with Crippen LogP contribution in [0.15, 0.2) is 48.5 Å². The Balaban J connectivity index is 1.44. The predicted octanol–water partition coefficient (Wildman–Crippen LogP) is 3.07. The maximum Gasteiger partial charge on any atom is 0.276 e. The monoisotopic (exact) mass is 423 g/mol. The number of amides is 1. The van der Waals surface area contributed by atoms with Gasteiger partial charge in [0, 0.05) is 38.8 Å². The second-order valence-electron chi connectivity index (χ2n) is 7.69. The van der Waals surface area contributed by atoms with E-state index in [-0.39, 0.29) is 11.7 Å². The number of hydrogen-bond donors (Lipinski definition) is 0. The fourth-order valence-corrected chi connectivity index (χ4v) is 3.84. The van der Waals surface area contributed by atoms with Crippen LogP contribution >= 0.6 is 0 Å². The second kappa shape index (κ2) is 9.26. The van der Waals surface area contributed by atoms with Gasteiger partial charge in [-0.2, -0.15) is 0 Å². The minimum atomic E-state index is -0.228. The summed E-state index contributed by atoms with van der Waals surface area (Å²) in [5, 5.41) is 8.38. The standard InChI is InChI=1S/C23H26FN5O2/c1-17-22(25-26-29(17)20-5-3-6-21(15-20)31-2)23(30)28-12-4-11-27(13-14-28)16-18-7-9-19(24)10-8-18/h3,5-10,15H,4,11-14,16H2,1-2H3. The van der Waals surface area contributed by atoms with Crippen molar-refractivity contribution in [2.24, 2.45) is 0 Å². The molecule has 1 amide bonds. The van der Waals surface area contributed by atoms with Crippen molar-refractivity contribution in [2.45, 2.75) is 19.9 Å². The highest BCUT2D eigenvalue weighted by molar-refractivity contribution is 5.93. The lowest BCUT2D eigenvalue weighted by atomic mass is 10.2. The first-order valence-electron chi connectivity index (χ1n) is 10.4. The third kappa shape index (κ3) is 4.74. The van der Waals surface area contributed by atoms with Crippen LogP contribution in [0.2, 0.25) is 0 Å². The molecule has 0 spiro atoms. The van der Waals surface area contributed by atoms with E-state index in [2.05, 4.69) is 15.2 Å². The minimum absolute atomic E-state index is 0.102. The maximum atomic E-state index is 13.2. The van der Waals surface area contributed by atoms with E-state index in [1.165, 1.54) is 12.1 Å². The van der Waals surface area contributed by atoms with Crippen molar-refractivity contribution in [3.8, 4) is 11.4 Å². The number of hydrogen-bond acceptors (Lipinski definition) is 5. The zero-order valence-corrected chi connectivity index (χ0v) is 17.8. The molecule has 1 aromatic heterocycles. The van der Waals surface area contributed by atoms with Crippen LogP contribution < -0.4 is 4.74 Å². The lowest BCUT2D eigenvalue weighted by Crippen LogP contribution is -2.35. The predicted molar refractivity (Wildman–Crippen MR) is 115 cm³/mol. The summed E-state index contributed by atoms with van der Waals surface area (Å²) >= 11 is 0. The van der Waals surface area contributed by atoms with Crippen molar-refractivity contribution < 1.29 is 13.9 Å². The molecular weight excluding hydrogens is 397 g/mol. The average Bonchev–Trinajstić information content (AvgIpc) is 3.02. The minimum Gasteiger partial charge on any atom is -0.497 e. The van der Waals surface area contributed by atoms with Crippen LogP contribution in [0, 0.1) is 12.7 Å². The van der Waals surface area contributed by atoms with Gasteiger partial charge >= 0.3 is 0 Å². The molecule has 7 nitrogen and oxygen atoms in total. The highest BCUT2D eigenvalue weighted by Gasteiger charge is 2.25. The first kappa shape index (κ1) is 21.0. The van der Waals surface area contributed by atoms with Crippen molar-refractivity contribution >= 4 is 5.91 Å². The molecular formula is C23H26FN5O2. The fourth-order valence-electron chi connectivity index (χ4n) is 3.84. The molecule has 1 aliphatic rings. The highest BCUT2D eigenvalue weighted by atomic mass is 19.1. The van der Waals surface area contributed by atoms with Crippen LogP contribution in [0.25, 0.3) is 5.69 Å². The number of rotatable bonds is 5. The van der Waals surface area contributed by atoms with Crippen molar-refractivity contribution in [1.82, 2.24) is 24.8 Å². The summed E-state index contributed by atoms with van der Waals surface area (Å²) < 4.78 is 20.1. The molecule has 0 aliphatic carbocycles. The lowest BCUT2D eigenvalue weighted by Gasteiger charge is -2.21. The summed E-state index contributed by atoms with van der Waals surface area (Å²) in [6.45, 7) is 5.53. The second-order valence-corrected chi connectivity index (χ2v) is 7.69. The quantitative estimate of drug-likeness (QED) is 0.631. The first-order chi connectivity index (χ1) is 15.0. The van der Waals surface area contributed by atoms with Gasteiger partial charge in [-0.15, -0.1) is 5.10 Å². The molecule has 0 saturated carbocycles. The van der Waals surface area contributed by atoms with Crippen LogP contribution in [-0.2, 0) is 6.54 Å². The smallest absolute Gasteiger partial charge is 0.276 e. The molecule has 2 heterocycles. The molecule has 162 valence electrons. The molecule has 2 aromatic carbocycles. The van der Waals surface area contributed by atoms with E-state index in [0.717, 1.165) is 37.3 Å². The van der Waals surface area contributed by atoms with Gasteiger partial charge in [0.2, 0.25) is 0 Å². The van der Waals surface area contributed by atoms with Crippen molar-refractivity contribution in [1.29, 1.82) is 0 Å². The van der Waals surface area contributed by atoms with Gasteiger partial charge in [0.1, 0.15) is 11.6 Å². The summed E-state index contributed by atoms with van der Waals surface area (Å²) in [5.74, 6) is 0.387. The molecule has 1 fully saturated rings. The molecule has 1 aliphatic heterocycles. The topological polar surface area (TPSA) is 63.5 Å². The summed E-state index contributed by atoms with van der Waals surface area (Å²) in [4.78, 5) is 17.3. The molecule has 0 bridgehead atoms. The van der Waals surface area contributed by atoms with Crippen LogP contribution in [-0.4, -0.2) is 64.0 Å². The van der Waals surface area contributed by atoms with Gasteiger partial charge in [-0.3, -0.25) is 9.69 Å². The van der Waals surface area contributed by atoms with Gasteiger partial charge in [-0.25, -0.2) is 9.07 Å². The SMILES string of the molecule is COc1cccc(-n2nnc(C(=O)N3CCCN(Cc4ccc(F)cc4)CC3)c2C)c1. The lowest BCUT2D eigenvalue weighted by molar-refractivity contribution is 0.0754. The van der Waals surface area contributed by atoms with E-state index in [9.17, 15) is 9.18 Å². The van der Waals surface area contributed by atoms with Crippen LogP contribution in [0.3, 0.4) is 0 Å². The van der Waals surface area contributed by atoms with Gasteiger partial charge in [-0.1, -0.05) is 23.4 Å². The van der Waals surface area contributed by atoms with Gasteiger partial charge < -0.3 is 9.64 Å². The fraction of sp³-hybridized carbons (Fsp3) is 0.348. The highest BCUT2D eigenvalue weighted by Crippen LogP contribution is 2.19. The number of aromatic nitrogens is 3. The molecule has 0 N–H and O–H groups in total. The third-order valence-electron chi connectivity index (χ3n) is 5.59. The summed E-state index contributed by atoms with van der Waals surface area (Å²) in [6, 6.07) is 14.1. The summed E-state index contributed by atoms with van der Waals surface area (Å²) in [5.41, 5.74) is 2.93. The van der Waals surface area contributed by atoms with Gasteiger partial charge in [0.25, 0.3) is 5.91 Å². The molecule has 0 atom stereocenters. The van der Waals surface area contributed by atoms with Crippen molar-refractivity contribution in [2.75, 3.05) is 33.3 Å². The third-order valence-corrected chi connectivity index (χ3v) is 5.59. The normalized spacial score (nSPS) is 15.0. The Bertz CT molecular complexity index is 1050. The van der Waals surface area contributed by atoms with Crippen molar-refractivity contribution in [3.63, 3.8) is 0 Å². The number of halogens is 1. The van der Waals surface area contributed by atoms with E-state index < -0.39 is 0 Å². The maximum absolute atomic E-state index is 13.2. The van der Waals surface area contributed by atoms with Crippen LogP contribution in [0.4, 0.5) is 4.39 Å². The van der Waals surface area contributed by atoms with Crippen LogP contribution in [0.5, 0.6) is 5.75 Å². The largest absolute Gasteiger partial charge is 0.497 e. The van der Waals surface area contributed by atoms with Crippen LogP contribution in [0.1, 0.15) is 28.2 Å². The number of ether oxygens (including phenoxy) is 1. The summed E-state index contributed by atoms with van der Waals surface area (Å²) in [7, 11) is 1.61. The van der Waals surface area contributed by atoms with E-state index in [1.54, 1.807) is 11.8 Å². The number of carbonyl (C=O) groups excluding carboxylic acids is 1. The zero-order valence-electron chi connectivity index (χ0n) is 17.8. The molecule has 8 heteroatoms. The van der Waals surface area contributed by atoms with Gasteiger partial charge in [0.15, 0.2) is 5.69 Å². The zero-order chi connectivity index (χ0) is 21.8. The Morgan fingerprint density at radius 1 is 1.10 bits per heavy atom. The number of carbonyl (C=O) groups is 1.